The van der Waals surface area contributed by atoms with Gasteiger partial charge in [0.05, 0.1) is 4.47 Å². The largest absolute Gasteiger partial charge is 0.309 e. The number of anilines is 1. The molecule has 2 heterocycles. The molecule has 2 aromatic rings. The zero-order valence-electron chi connectivity index (χ0n) is 11.4. The molecule has 1 aliphatic rings. The van der Waals surface area contributed by atoms with Crippen molar-refractivity contribution in [3.05, 3.63) is 39.2 Å². The van der Waals surface area contributed by atoms with Crippen LogP contribution in [-0.4, -0.2) is 20.7 Å². The van der Waals surface area contributed by atoms with Gasteiger partial charge in [-0.1, -0.05) is 0 Å². The molecule has 1 N–H and O–H groups in total. The minimum absolute atomic E-state index is 0.159. The van der Waals surface area contributed by atoms with Crippen molar-refractivity contribution in [2.75, 3.05) is 5.32 Å². The van der Waals surface area contributed by atoms with Crippen LogP contribution < -0.4 is 5.32 Å². The highest BCUT2D eigenvalue weighted by Crippen LogP contribution is 2.40. The van der Waals surface area contributed by atoms with Gasteiger partial charge in [-0.25, -0.2) is 4.98 Å². The predicted molar refractivity (Wildman–Crippen MR) is 87.0 cm³/mol. The van der Waals surface area contributed by atoms with Gasteiger partial charge in [0.2, 0.25) is 0 Å². The normalized spacial score (nSPS) is 15.7. The molecule has 0 radical (unpaired) electrons. The highest BCUT2D eigenvalue weighted by molar-refractivity contribution is 9.10. The van der Waals surface area contributed by atoms with Crippen molar-refractivity contribution in [3.8, 4) is 6.07 Å². The Morgan fingerprint density at radius 1 is 1.41 bits per heavy atom. The van der Waals surface area contributed by atoms with Crippen LogP contribution in [0.1, 0.15) is 25.0 Å². The van der Waals surface area contributed by atoms with Crippen LogP contribution in [0.15, 0.2) is 33.5 Å². The van der Waals surface area contributed by atoms with Crippen molar-refractivity contribution in [2.24, 2.45) is 0 Å². The first-order valence-electron chi connectivity index (χ1n) is 6.64. The van der Waals surface area contributed by atoms with Crippen LogP contribution in [-0.2, 0) is 10.3 Å². The summed E-state index contributed by atoms with van der Waals surface area (Å²) in [5.74, 6) is 0.333. The number of pyridine rings is 1. The molecule has 1 amide bonds. The molecule has 0 atom stereocenters. The van der Waals surface area contributed by atoms with Gasteiger partial charge in [0, 0.05) is 16.9 Å². The van der Waals surface area contributed by atoms with E-state index in [0.29, 0.717) is 23.1 Å². The number of rotatable bonds is 3. The van der Waals surface area contributed by atoms with Gasteiger partial charge in [-0.3, -0.25) is 9.48 Å². The van der Waals surface area contributed by atoms with Crippen molar-refractivity contribution < 1.29 is 4.79 Å². The molecule has 2 aromatic heterocycles. The van der Waals surface area contributed by atoms with E-state index in [0.717, 1.165) is 10.9 Å². The second kappa shape index (κ2) is 5.82. The minimum atomic E-state index is -0.744. The molecule has 0 aliphatic heterocycles. The molecule has 8 heteroatoms. The summed E-state index contributed by atoms with van der Waals surface area (Å²) in [6, 6.07) is 5.55. The van der Waals surface area contributed by atoms with Gasteiger partial charge in [-0.2, -0.15) is 10.4 Å². The van der Waals surface area contributed by atoms with Gasteiger partial charge in [-0.05, 0) is 63.3 Å². The van der Waals surface area contributed by atoms with E-state index in [4.69, 9.17) is 5.26 Å². The van der Waals surface area contributed by atoms with E-state index in [1.165, 1.54) is 0 Å². The number of halogens is 2. The van der Waals surface area contributed by atoms with Crippen molar-refractivity contribution in [1.82, 2.24) is 14.8 Å². The monoisotopic (exact) mass is 423 g/mol. The van der Waals surface area contributed by atoms with Gasteiger partial charge in [0.15, 0.2) is 5.69 Å². The lowest BCUT2D eigenvalue weighted by atomic mass is 9.76. The molecule has 1 aliphatic carbocycles. The van der Waals surface area contributed by atoms with Crippen LogP contribution in [0, 0.1) is 11.3 Å². The Balaban J connectivity index is 1.87. The highest BCUT2D eigenvalue weighted by atomic mass is 79.9. The number of hydrogen-bond acceptors (Lipinski definition) is 4. The summed E-state index contributed by atoms with van der Waals surface area (Å²) >= 11 is 6.60. The number of nitrogens with zero attached hydrogens (tertiary/aromatic N) is 4. The quantitative estimate of drug-likeness (QED) is 0.819. The summed E-state index contributed by atoms with van der Waals surface area (Å²) in [4.78, 5) is 16.8. The van der Waals surface area contributed by atoms with Crippen molar-refractivity contribution >= 4 is 43.6 Å². The molecule has 1 saturated carbocycles. The Kier molecular flexibility index (Phi) is 4.02. The Morgan fingerprint density at radius 2 is 2.18 bits per heavy atom. The molecule has 22 heavy (non-hydrogen) atoms. The third-order valence-corrected chi connectivity index (χ3v) is 4.84. The maximum absolute atomic E-state index is 12.7. The third kappa shape index (κ3) is 2.55. The lowest BCUT2D eigenvalue weighted by molar-refractivity contribution is -0.129. The van der Waals surface area contributed by atoms with E-state index < -0.39 is 5.54 Å². The number of nitrogens with one attached hydrogen (secondary N) is 1. The first kappa shape index (κ1) is 15.2. The Bertz CT molecular complexity index is 759. The maximum atomic E-state index is 12.7. The van der Waals surface area contributed by atoms with Gasteiger partial charge in [0.1, 0.15) is 17.4 Å². The summed E-state index contributed by atoms with van der Waals surface area (Å²) < 4.78 is 3.03. The average Bonchev–Trinajstić information content (AvgIpc) is 2.81. The van der Waals surface area contributed by atoms with Crippen molar-refractivity contribution in [3.63, 3.8) is 0 Å². The molecule has 0 aromatic carbocycles. The SMILES string of the molecule is N#Cc1nn(C2(C(=O)Nc3ccc(Br)cn3)CCC2)cc1Br. The highest BCUT2D eigenvalue weighted by Gasteiger charge is 2.47. The third-order valence-electron chi connectivity index (χ3n) is 3.79. The molecule has 6 nitrogen and oxygen atoms in total. The van der Waals surface area contributed by atoms with Crippen molar-refractivity contribution in [1.29, 1.82) is 5.26 Å². The van der Waals surface area contributed by atoms with E-state index in [9.17, 15) is 4.79 Å². The van der Waals surface area contributed by atoms with Gasteiger partial charge < -0.3 is 5.32 Å². The fraction of sp³-hybridized carbons (Fsp3) is 0.286. The molecule has 0 bridgehead atoms. The summed E-state index contributed by atoms with van der Waals surface area (Å²) in [6.45, 7) is 0. The Hall–Kier alpha value is -1.72. The smallest absolute Gasteiger partial charge is 0.253 e. The molecule has 112 valence electrons. The van der Waals surface area contributed by atoms with Crippen LogP contribution in [0.4, 0.5) is 5.82 Å². The Labute approximate surface area is 143 Å². The van der Waals surface area contributed by atoms with E-state index in [2.05, 4.69) is 47.3 Å². The minimum Gasteiger partial charge on any atom is -0.309 e. The second-order valence-electron chi connectivity index (χ2n) is 5.08. The topological polar surface area (TPSA) is 83.6 Å². The standard InChI is InChI=1S/C14H11Br2N5O/c15-9-2-3-12(18-7-9)19-13(22)14(4-1-5-14)21-8-10(16)11(6-17)20-21/h2-3,7-8H,1,4-5H2,(H,18,19,22). The fourth-order valence-electron chi connectivity index (χ4n) is 2.40. The lowest BCUT2D eigenvalue weighted by Gasteiger charge is -2.40. The zero-order valence-corrected chi connectivity index (χ0v) is 14.6. The van der Waals surface area contributed by atoms with Crippen LogP contribution in [0.25, 0.3) is 0 Å². The van der Waals surface area contributed by atoms with Crippen LogP contribution in [0.2, 0.25) is 0 Å². The molecular formula is C14H11Br2N5O. The summed E-state index contributed by atoms with van der Waals surface area (Å²) in [6.07, 6.45) is 5.64. The molecule has 0 unspecified atom stereocenters. The first-order chi connectivity index (χ1) is 10.5. The van der Waals surface area contributed by atoms with Gasteiger partial charge >= 0.3 is 0 Å². The zero-order chi connectivity index (χ0) is 15.7. The van der Waals surface area contributed by atoms with Crippen molar-refractivity contribution in [2.45, 2.75) is 24.8 Å². The van der Waals surface area contributed by atoms with Crippen LogP contribution in [0.3, 0.4) is 0 Å². The number of hydrogen-bond donors (Lipinski definition) is 1. The van der Waals surface area contributed by atoms with Crippen LogP contribution >= 0.6 is 31.9 Å². The average molecular weight is 425 g/mol. The van der Waals surface area contributed by atoms with Crippen LogP contribution in [0.5, 0.6) is 0 Å². The molecule has 1 fully saturated rings. The van der Waals surface area contributed by atoms with Gasteiger partial charge in [-0.15, -0.1) is 0 Å². The number of carbonyl (C=O) groups excluding carboxylic acids is 1. The van der Waals surface area contributed by atoms with E-state index in [-0.39, 0.29) is 11.6 Å². The predicted octanol–water partition coefficient (Wildman–Crippen LogP) is 3.19. The van der Waals surface area contributed by atoms with Gasteiger partial charge in [0.25, 0.3) is 5.91 Å². The fourth-order valence-corrected chi connectivity index (χ4v) is 3.00. The number of aromatic nitrogens is 3. The molecular weight excluding hydrogens is 414 g/mol. The molecule has 0 spiro atoms. The number of amides is 1. The molecule has 0 saturated heterocycles. The summed E-state index contributed by atoms with van der Waals surface area (Å²) in [5, 5.41) is 16.1. The number of nitriles is 1. The van der Waals surface area contributed by atoms with E-state index >= 15 is 0 Å². The second-order valence-corrected chi connectivity index (χ2v) is 6.85. The summed E-state index contributed by atoms with van der Waals surface area (Å²) in [5.41, 5.74) is -0.465. The first-order valence-corrected chi connectivity index (χ1v) is 8.22. The lowest BCUT2D eigenvalue weighted by Crippen LogP contribution is -2.51. The number of carbonyl (C=O) groups is 1. The van der Waals surface area contributed by atoms with E-state index in [1.54, 1.807) is 23.1 Å². The van der Waals surface area contributed by atoms with E-state index in [1.807, 2.05) is 12.1 Å². The molecule has 3 rings (SSSR count). The Morgan fingerprint density at radius 3 is 2.68 bits per heavy atom. The summed E-state index contributed by atoms with van der Waals surface area (Å²) in [7, 11) is 0. The maximum Gasteiger partial charge on any atom is 0.253 e.